The van der Waals surface area contributed by atoms with Crippen LogP contribution >= 0.6 is 0 Å². The lowest BCUT2D eigenvalue weighted by atomic mass is 9.92. The van der Waals surface area contributed by atoms with Gasteiger partial charge in [-0.3, -0.25) is 4.55 Å². The number of allylic oxidation sites excluding steroid dienone is 2. The van der Waals surface area contributed by atoms with Crippen molar-refractivity contribution >= 4 is 10.4 Å². The molecule has 2 atom stereocenters. The summed E-state index contributed by atoms with van der Waals surface area (Å²) in [6, 6.07) is 0. The molecule has 0 aromatic heterocycles. The summed E-state index contributed by atoms with van der Waals surface area (Å²) < 4.78 is 35.1. The highest BCUT2D eigenvalue weighted by atomic mass is 32.3. The highest BCUT2D eigenvalue weighted by Crippen LogP contribution is 2.22. The van der Waals surface area contributed by atoms with Crippen molar-refractivity contribution in [2.45, 2.75) is 123 Å². The van der Waals surface area contributed by atoms with Crippen LogP contribution in [0.2, 0.25) is 0 Å². The van der Waals surface area contributed by atoms with E-state index in [0.29, 0.717) is 18.8 Å². The molecule has 6 heteroatoms. The summed E-state index contributed by atoms with van der Waals surface area (Å²) >= 11 is 0. The van der Waals surface area contributed by atoms with E-state index in [-0.39, 0.29) is 6.61 Å². The predicted molar refractivity (Wildman–Crippen MR) is 121 cm³/mol. The number of aliphatic hydroxyl groups is 1. The molecule has 0 saturated carbocycles. The number of hydrogen-bond acceptors (Lipinski definition) is 4. The standard InChI is InChI=1S/C23H46O5S/c1-3-5-6-7-8-9-10-11-12-13-14-15-17-22(20-21-24)18-16-19-23(4-2)28-29(25,26)27/h11-12,22-24H,3-10,13-21H2,1-2H3,(H,25,26,27). The van der Waals surface area contributed by atoms with E-state index in [1.165, 1.54) is 51.4 Å². The van der Waals surface area contributed by atoms with Crippen molar-refractivity contribution in [3.63, 3.8) is 0 Å². The Kier molecular flexibility index (Phi) is 19.2. The van der Waals surface area contributed by atoms with Crippen LogP contribution in [0.4, 0.5) is 0 Å². The van der Waals surface area contributed by atoms with E-state index in [1.807, 2.05) is 6.92 Å². The summed E-state index contributed by atoms with van der Waals surface area (Å²) in [6.45, 7) is 4.29. The first-order valence-electron chi connectivity index (χ1n) is 11.8. The summed E-state index contributed by atoms with van der Waals surface area (Å²) in [5, 5.41) is 9.29. The number of unbranched alkanes of at least 4 members (excludes halogenated alkanes) is 8. The molecule has 2 N–H and O–H groups in total. The van der Waals surface area contributed by atoms with Gasteiger partial charge in [-0.05, 0) is 50.9 Å². The molecule has 2 unspecified atom stereocenters. The van der Waals surface area contributed by atoms with Gasteiger partial charge < -0.3 is 5.11 Å². The zero-order valence-corrected chi connectivity index (χ0v) is 19.7. The zero-order chi connectivity index (χ0) is 21.8. The molecule has 0 aliphatic rings. The van der Waals surface area contributed by atoms with Gasteiger partial charge in [0.15, 0.2) is 0 Å². The molecule has 0 fully saturated rings. The molecule has 0 radical (unpaired) electrons. The van der Waals surface area contributed by atoms with Gasteiger partial charge in [0.05, 0.1) is 6.10 Å². The Morgan fingerprint density at radius 3 is 1.97 bits per heavy atom. The van der Waals surface area contributed by atoms with E-state index >= 15 is 0 Å². The average molecular weight is 435 g/mol. The Labute approximate surface area is 180 Å². The number of hydrogen-bond donors (Lipinski definition) is 2. The highest BCUT2D eigenvalue weighted by Gasteiger charge is 2.16. The second-order valence-corrected chi connectivity index (χ2v) is 9.22. The second kappa shape index (κ2) is 19.5. The van der Waals surface area contributed by atoms with Crippen molar-refractivity contribution < 1.29 is 22.3 Å². The molecule has 0 amide bonds. The van der Waals surface area contributed by atoms with Crippen LogP contribution in [0.25, 0.3) is 0 Å². The van der Waals surface area contributed by atoms with E-state index in [1.54, 1.807) is 0 Å². The summed E-state index contributed by atoms with van der Waals surface area (Å²) in [4.78, 5) is 0. The van der Waals surface area contributed by atoms with Crippen molar-refractivity contribution in [2.24, 2.45) is 5.92 Å². The van der Waals surface area contributed by atoms with Gasteiger partial charge in [-0.15, -0.1) is 0 Å². The molecular weight excluding hydrogens is 388 g/mol. The lowest BCUT2D eigenvalue weighted by molar-refractivity contribution is 0.161. The van der Waals surface area contributed by atoms with Crippen LogP contribution in [0.1, 0.15) is 117 Å². The Bertz CT molecular complexity index is 476. The van der Waals surface area contributed by atoms with E-state index in [2.05, 4.69) is 23.3 Å². The third-order valence-corrected chi connectivity index (χ3v) is 6.03. The maximum absolute atomic E-state index is 10.8. The summed E-state index contributed by atoms with van der Waals surface area (Å²) in [5.74, 6) is 0.468. The van der Waals surface area contributed by atoms with Crippen molar-refractivity contribution in [2.75, 3.05) is 6.61 Å². The van der Waals surface area contributed by atoms with Crippen LogP contribution in [0, 0.1) is 5.92 Å². The molecule has 174 valence electrons. The Morgan fingerprint density at radius 1 is 0.793 bits per heavy atom. The normalized spacial score (nSPS) is 14.5. The molecule has 0 aliphatic heterocycles. The van der Waals surface area contributed by atoms with Crippen LogP contribution in [0.5, 0.6) is 0 Å². The molecule has 0 rings (SSSR count). The van der Waals surface area contributed by atoms with Gasteiger partial charge in [0.2, 0.25) is 0 Å². The van der Waals surface area contributed by atoms with Crippen molar-refractivity contribution in [3.05, 3.63) is 12.2 Å². The van der Waals surface area contributed by atoms with Gasteiger partial charge in [-0.1, -0.05) is 83.8 Å². The number of rotatable bonds is 21. The Balaban J connectivity index is 3.81. The topological polar surface area (TPSA) is 83.8 Å². The van der Waals surface area contributed by atoms with Crippen LogP contribution in [-0.2, 0) is 14.6 Å². The van der Waals surface area contributed by atoms with Gasteiger partial charge in [0.1, 0.15) is 0 Å². The van der Waals surface area contributed by atoms with Crippen LogP contribution in [0.15, 0.2) is 12.2 Å². The quantitative estimate of drug-likeness (QED) is 0.120. The predicted octanol–water partition coefficient (Wildman–Crippen LogP) is 6.62. The molecule has 0 bridgehead atoms. The summed E-state index contributed by atoms with van der Waals surface area (Å²) in [7, 11) is -4.38. The Morgan fingerprint density at radius 2 is 1.38 bits per heavy atom. The molecule has 0 saturated heterocycles. The van der Waals surface area contributed by atoms with E-state index < -0.39 is 16.5 Å². The lowest BCUT2D eigenvalue weighted by Gasteiger charge is -2.18. The molecule has 0 aromatic carbocycles. The van der Waals surface area contributed by atoms with E-state index in [4.69, 9.17) is 4.55 Å². The van der Waals surface area contributed by atoms with Crippen molar-refractivity contribution in [1.29, 1.82) is 0 Å². The van der Waals surface area contributed by atoms with Crippen LogP contribution < -0.4 is 0 Å². The molecule has 0 aliphatic carbocycles. The SMILES string of the molecule is CCCCCCCCC=CCCCCC(CCO)CCCC(CC)OS(=O)(=O)O. The highest BCUT2D eigenvalue weighted by molar-refractivity contribution is 7.80. The molecule has 5 nitrogen and oxygen atoms in total. The molecule has 0 heterocycles. The lowest BCUT2D eigenvalue weighted by Crippen LogP contribution is -2.17. The van der Waals surface area contributed by atoms with Crippen LogP contribution in [-0.4, -0.2) is 30.8 Å². The summed E-state index contributed by atoms with van der Waals surface area (Å²) in [6.07, 6.45) is 21.8. The first-order chi connectivity index (χ1) is 13.9. The van der Waals surface area contributed by atoms with Gasteiger partial charge in [0.25, 0.3) is 0 Å². The molecule has 29 heavy (non-hydrogen) atoms. The van der Waals surface area contributed by atoms with Crippen molar-refractivity contribution in [3.8, 4) is 0 Å². The van der Waals surface area contributed by atoms with Crippen molar-refractivity contribution in [1.82, 2.24) is 0 Å². The Hall–Kier alpha value is -0.430. The van der Waals surface area contributed by atoms with Gasteiger partial charge in [0, 0.05) is 6.61 Å². The minimum atomic E-state index is -4.38. The zero-order valence-electron chi connectivity index (χ0n) is 18.9. The molecule has 0 spiro atoms. The summed E-state index contributed by atoms with van der Waals surface area (Å²) in [5.41, 5.74) is 0. The van der Waals surface area contributed by atoms with Gasteiger partial charge in [-0.25, -0.2) is 4.18 Å². The fourth-order valence-electron chi connectivity index (χ4n) is 3.72. The minimum Gasteiger partial charge on any atom is -0.396 e. The third-order valence-electron chi connectivity index (χ3n) is 5.51. The smallest absolute Gasteiger partial charge is 0.396 e. The van der Waals surface area contributed by atoms with Gasteiger partial charge >= 0.3 is 10.4 Å². The average Bonchev–Trinajstić information content (AvgIpc) is 2.67. The fourth-order valence-corrected chi connectivity index (χ4v) is 4.29. The minimum absolute atomic E-state index is 0.196. The molecule has 0 aromatic rings. The first-order valence-corrected chi connectivity index (χ1v) is 13.2. The fraction of sp³-hybridized carbons (Fsp3) is 0.913. The van der Waals surface area contributed by atoms with Crippen LogP contribution in [0.3, 0.4) is 0 Å². The first kappa shape index (κ1) is 28.6. The maximum atomic E-state index is 10.8. The maximum Gasteiger partial charge on any atom is 0.397 e. The monoisotopic (exact) mass is 434 g/mol. The second-order valence-electron chi connectivity index (χ2n) is 8.18. The molecular formula is C23H46O5S. The largest absolute Gasteiger partial charge is 0.397 e. The van der Waals surface area contributed by atoms with Gasteiger partial charge in [-0.2, -0.15) is 8.42 Å². The van der Waals surface area contributed by atoms with E-state index in [9.17, 15) is 13.5 Å². The van der Waals surface area contributed by atoms with E-state index in [0.717, 1.165) is 38.5 Å². The number of aliphatic hydroxyl groups excluding tert-OH is 1. The third kappa shape index (κ3) is 20.6.